The van der Waals surface area contributed by atoms with E-state index in [2.05, 4.69) is 4.72 Å². The Morgan fingerprint density at radius 2 is 1.69 bits per heavy atom. The van der Waals surface area contributed by atoms with E-state index in [1.807, 2.05) is 33.8 Å². The number of carbonyl (C=O) groups is 1. The lowest BCUT2D eigenvalue weighted by Gasteiger charge is -2.22. The van der Waals surface area contributed by atoms with Crippen molar-refractivity contribution in [2.75, 3.05) is 11.8 Å². The highest BCUT2D eigenvalue weighted by atomic mass is 32.2. The molecule has 2 rings (SSSR count). The van der Waals surface area contributed by atoms with Crippen LogP contribution in [0.4, 0.5) is 5.69 Å². The Bertz CT molecular complexity index is 941. The standard InChI is InChI=1S/C20H25NO4S/c1-13-11-15(20(3,4)5)12-18(14(13)2)26(23,24)21-17-10-8-7-9-16(17)19(22)25-6/h7-12,21H,1-6H3. The lowest BCUT2D eigenvalue weighted by molar-refractivity contribution is 0.0602. The van der Waals surface area contributed by atoms with Gasteiger partial charge >= 0.3 is 5.97 Å². The maximum absolute atomic E-state index is 13.1. The van der Waals surface area contributed by atoms with Gasteiger partial charge in [-0.15, -0.1) is 0 Å². The molecule has 0 amide bonds. The van der Waals surface area contributed by atoms with Gasteiger partial charge in [-0.05, 0) is 54.2 Å². The Labute approximate surface area is 155 Å². The molecule has 0 aliphatic rings. The van der Waals surface area contributed by atoms with Crippen molar-refractivity contribution in [2.45, 2.75) is 44.9 Å². The topological polar surface area (TPSA) is 72.5 Å². The van der Waals surface area contributed by atoms with E-state index in [4.69, 9.17) is 4.74 Å². The normalized spacial score (nSPS) is 11.9. The second kappa shape index (κ2) is 7.11. The fraction of sp³-hybridized carbons (Fsp3) is 0.350. The summed E-state index contributed by atoms with van der Waals surface area (Å²) >= 11 is 0. The van der Waals surface area contributed by atoms with Crippen LogP contribution >= 0.6 is 0 Å². The van der Waals surface area contributed by atoms with E-state index in [-0.39, 0.29) is 21.6 Å². The van der Waals surface area contributed by atoms with Crippen LogP contribution in [0, 0.1) is 13.8 Å². The Hall–Kier alpha value is -2.34. The molecule has 0 aliphatic carbocycles. The predicted octanol–water partition coefficient (Wildman–Crippen LogP) is 4.19. The second-order valence-electron chi connectivity index (χ2n) is 7.31. The van der Waals surface area contributed by atoms with E-state index in [0.717, 1.165) is 11.1 Å². The van der Waals surface area contributed by atoms with Gasteiger partial charge in [-0.1, -0.05) is 39.0 Å². The first-order valence-corrected chi connectivity index (χ1v) is 9.77. The molecular formula is C20H25NO4S. The van der Waals surface area contributed by atoms with Gasteiger partial charge in [-0.2, -0.15) is 0 Å². The van der Waals surface area contributed by atoms with Crippen LogP contribution in [-0.4, -0.2) is 21.5 Å². The Kier molecular flexibility index (Phi) is 5.47. The third kappa shape index (κ3) is 4.07. The van der Waals surface area contributed by atoms with Crippen LogP contribution in [0.1, 0.15) is 47.8 Å². The van der Waals surface area contributed by atoms with E-state index < -0.39 is 16.0 Å². The molecule has 140 valence electrons. The summed E-state index contributed by atoms with van der Waals surface area (Å²) in [5.41, 5.74) is 2.69. The molecule has 0 saturated carbocycles. The van der Waals surface area contributed by atoms with E-state index in [0.29, 0.717) is 5.56 Å². The minimum atomic E-state index is -3.87. The molecule has 6 heteroatoms. The van der Waals surface area contributed by atoms with E-state index >= 15 is 0 Å². The van der Waals surface area contributed by atoms with E-state index in [9.17, 15) is 13.2 Å². The first-order chi connectivity index (χ1) is 12.0. The summed E-state index contributed by atoms with van der Waals surface area (Å²) in [7, 11) is -2.61. The molecule has 0 unspecified atom stereocenters. The van der Waals surface area contributed by atoms with Gasteiger partial charge < -0.3 is 4.74 Å². The minimum Gasteiger partial charge on any atom is -0.465 e. The molecule has 0 aromatic heterocycles. The van der Waals surface area contributed by atoms with Gasteiger partial charge in [-0.3, -0.25) is 4.72 Å². The molecule has 2 aromatic rings. The summed E-state index contributed by atoms with van der Waals surface area (Å²) in [4.78, 5) is 12.1. The van der Waals surface area contributed by atoms with Crippen molar-refractivity contribution in [3.63, 3.8) is 0 Å². The fourth-order valence-electron chi connectivity index (χ4n) is 2.60. The largest absolute Gasteiger partial charge is 0.465 e. The molecule has 0 heterocycles. The van der Waals surface area contributed by atoms with E-state index in [1.54, 1.807) is 31.2 Å². The van der Waals surface area contributed by atoms with Crippen LogP contribution in [0.3, 0.4) is 0 Å². The summed E-state index contributed by atoms with van der Waals surface area (Å²) in [6.07, 6.45) is 0. The summed E-state index contributed by atoms with van der Waals surface area (Å²) in [5.74, 6) is -0.598. The molecule has 2 aromatic carbocycles. The number of benzene rings is 2. The van der Waals surface area contributed by atoms with Crippen LogP contribution in [0.2, 0.25) is 0 Å². The zero-order valence-electron chi connectivity index (χ0n) is 16.0. The minimum absolute atomic E-state index is 0.167. The first kappa shape index (κ1) is 20.0. The molecule has 1 N–H and O–H groups in total. The predicted molar refractivity (Wildman–Crippen MR) is 103 cm³/mol. The van der Waals surface area contributed by atoms with Crippen LogP contribution < -0.4 is 4.72 Å². The van der Waals surface area contributed by atoms with Crippen LogP contribution in [-0.2, 0) is 20.2 Å². The molecule has 5 nitrogen and oxygen atoms in total. The van der Waals surface area contributed by atoms with Gasteiger partial charge in [0.2, 0.25) is 0 Å². The summed E-state index contributed by atoms with van der Waals surface area (Å²) < 4.78 is 33.4. The van der Waals surface area contributed by atoms with Crippen molar-refractivity contribution >= 4 is 21.7 Å². The van der Waals surface area contributed by atoms with E-state index in [1.165, 1.54) is 13.2 Å². The number of methoxy groups -OCH3 is 1. The summed E-state index contributed by atoms with van der Waals surface area (Å²) in [5, 5.41) is 0. The number of ether oxygens (including phenoxy) is 1. The maximum Gasteiger partial charge on any atom is 0.339 e. The van der Waals surface area contributed by atoms with Crippen LogP contribution in [0.25, 0.3) is 0 Å². The van der Waals surface area contributed by atoms with Gasteiger partial charge in [0.1, 0.15) is 0 Å². The molecular weight excluding hydrogens is 350 g/mol. The second-order valence-corrected chi connectivity index (χ2v) is 8.96. The Balaban J connectivity index is 2.57. The summed E-state index contributed by atoms with van der Waals surface area (Å²) in [6, 6.07) is 10.1. The number of hydrogen-bond acceptors (Lipinski definition) is 4. The lowest BCUT2D eigenvalue weighted by Crippen LogP contribution is -2.19. The van der Waals surface area contributed by atoms with Gasteiger partial charge in [0, 0.05) is 0 Å². The summed E-state index contributed by atoms with van der Waals surface area (Å²) in [6.45, 7) is 9.78. The zero-order chi connectivity index (χ0) is 19.7. The SMILES string of the molecule is COC(=O)c1ccccc1NS(=O)(=O)c1cc(C(C)(C)C)cc(C)c1C. The number of rotatable bonds is 4. The number of hydrogen-bond donors (Lipinski definition) is 1. The van der Waals surface area contributed by atoms with Gasteiger partial charge in [0.15, 0.2) is 0 Å². The third-order valence-electron chi connectivity index (χ3n) is 4.35. The number of para-hydroxylation sites is 1. The number of esters is 1. The number of anilines is 1. The van der Waals surface area contributed by atoms with Crippen LogP contribution in [0.5, 0.6) is 0 Å². The molecule has 0 bridgehead atoms. The van der Waals surface area contributed by atoms with Crippen molar-refractivity contribution in [1.82, 2.24) is 0 Å². The highest BCUT2D eigenvalue weighted by molar-refractivity contribution is 7.92. The fourth-order valence-corrected chi connectivity index (χ4v) is 4.02. The molecule has 0 saturated heterocycles. The number of nitrogens with one attached hydrogen (secondary N) is 1. The first-order valence-electron chi connectivity index (χ1n) is 8.29. The Morgan fingerprint density at radius 3 is 2.27 bits per heavy atom. The van der Waals surface area contributed by atoms with Crippen molar-refractivity contribution in [3.8, 4) is 0 Å². The Morgan fingerprint density at radius 1 is 1.08 bits per heavy atom. The van der Waals surface area contributed by atoms with Crippen molar-refractivity contribution < 1.29 is 17.9 Å². The van der Waals surface area contributed by atoms with Crippen molar-refractivity contribution in [2.24, 2.45) is 0 Å². The zero-order valence-corrected chi connectivity index (χ0v) is 16.8. The number of carbonyl (C=O) groups excluding carboxylic acids is 1. The molecule has 0 aliphatic heterocycles. The molecule has 0 fully saturated rings. The molecule has 26 heavy (non-hydrogen) atoms. The van der Waals surface area contributed by atoms with Crippen LogP contribution in [0.15, 0.2) is 41.3 Å². The van der Waals surface area contributed by atoms with Gasteiger partial charge in [0.25, 0.3) is 10.0 Å². The van der Waals surface area contributed by atoms with Gasteiger partial charge in [0.05, 0.1) is 23.3 Å². The average molecular weight is 375 g/mol. The quantitative estimate of drug-likeness (QED) is 0.814. The van der Waals surface area contributed by atoms with Crippen molar-refractivity contribution in [1.29, 1.82) is 0 Å². The molecule has 0 atom stereocenters. The monoisotopic (exact) mass is 375 g/mol. The average Bonchev–Trinajstić information content (AvgIpc) is 2.55. The number of sulfonamides is 1. The maximum atomic E-state index is 13.1. The highest BCUT2D eigenvalue weighted by Gasteiger charge is 2.24. The third-order valence-corrected chi connectivity index (χ3v) is 5.84. The highest BCUT2D eigenvalue weighted by Crippen LogP contribution is 2.30. The molecule has 0 radical (unpaired) electrons. The van der Waals surface area contributed by atoms with Gasteiger partial charge in [-0.25, -0.2) is 13.2 Å². The smallest absolute Gasteiger partial charge is 0.339 e. The molecule has 0 spiro atoms. The number of aryl methyl sites for hydroxylation is 1. The van der Waals surface area contributed by atoms with Crippen molar-refractivity contribution in [3.05, 3.63) is 58.7 Å². The lowest BCUT2D eigenvalue weighted by atomic mass is 9.85.